The van der Waals surface area contributed by atoms with E-state index in [4.69, 9.17) is 9.47 Å². The van der Waals surface area contributed by atoms with E-state index in [1.807, 2.05) is 12.1 Å². The first-order chi connectivity index (χ1) is 11.6. The number of hydrogen-bond donors (Lipinski definition) is 4. The number of amides is 1. The number of ether oxygens (including phenoxy) is 2. The second kappa shape index (κ2) is 7.70. The predicted octanol–water partition coefficient (Wildman–Crippen LogP) is 0.307. The number of nitrogens with one attached hydrogen (secondary N) is 1. The minimum Gasteiger partial charge on any atom is -0.463 e. The van der Waals surface area contributed by atoms with Crippen LogP contribution in [0.15, 0.2) is 24.3 Å². The van der Waals surface area contributed by atoms with E-state index >= 15 is 0 Å². The van der Waals surface area contributed by atoms with Gasteiger partial charge in [0.1, 0.15) is 30.1 Å². The normalized spacial score (nSPS) is 30.0. The molecule has 25 heavy (non-hydrogen) atoms. The van der Waals surface area contributed by atoms with E-state index < -0.39 is 37.3 Å². The lowest BCUT2D eigenvalue weighted by Crippen LogP contribution is -2.65. The van der Waals surface area contributed by atoms with E-state index in [9.17, 15) is 20.1 Å². The quantitative estimate of drug-likeness (QED) is 0.620. The first-order valence-corrected chi connectivity index (χ1v) is 8.30. The van der Waals surface area contributed by atoms with Crippen LogP contribution in [0.25, 0.3) is 0 Å². The van der Waals surface area contributed by atoms with Crippen molar-refractivity contribution in [2.45, 2.75) is 63.8 Å². The van der Waals surface area contributed by atoms with E-state index in [0.717, 1.165) is 5.56 Å². The lowest BCUT2D eigenvalue weighted by Gasteiger charge is -2.42. The minimum absolute atomic E-state index is 0.000870. The molecule has 140 valence electrons. The fourth-order valence-electron chi connectivity index (χ4n) is 2.74. The van der Waals surface area contributed by atoms with Crippen molar-refractivity contribution < 1.29 is 29.6 Å². The topological polar surface area (TPSA) is 108 Å². The van der Waals surface area contributed by atoms with Gasteiger partial charge in [-0.3, -0.25) is 4.79 Å². The summed E-state index contributed by atoms with van der Waals surface area (Å²) in [6, 6.07) is 6.46. The van der Waals surface area contributed by atoms with Crippen molar-refractivity contribution in [2.75, 3.05) is 6.61 Å². The van der Waals surface area contributed by atoms with Crippen LogP contribution in [-0.2, 0) is 14.9 Å². The summed E-state index contributed by atoms with van der Waals surface area (Å²) in [5.41, 5.74) is 1.13. The van der Waals surface area contributed by atoms with Crippen LogP contribution in [-0.4, -0.2) is 58.5 Å². The van der Waals surface area contributed by atoms with E-state index in [-0.39, 0.29) is 11.3 Å². The number of carbonyl (C=O) groups is 1. The number of carbonyl (C=O) groups excluding carboxylic acids is 1. The van der Waals surface area contributed by atoms with E-state index in [2.05, 4.69) is 26.1 Å². The summed E-state index contributed by atoms with van der Waals surface area (Å²) in [5.74, 6) is 0.104. The van der Waals surface area contributed by atoms with Gasteiger partial charge in [0.15, 0.2) is 0 Å². The Kier molecular flexibility index (Phi) is 6.05. The third-order valence-electron chi connectivity index (χ3n) is 4.22. The molecule has 1 aliphatic rings. The highest BCUT2D eigenvalue weighted by Crippen LogP contribution is 2.27. The molecule has 1 fully saturated rings. The molecule has 7 nitrogen and oxygen atoms in total. The molecule has 1 aliphatic heterocycles. The van der Waals surface area contributed by atoms with Crippen molar-refractivity contribution in [3.8, 4) is 5.75 Å². The highest BCUT2D eigenvalue weighted by atomic mass is 16.7. The second-order valence-corrected chi connectivity index (χ2v) is 7.33. The maximum absolute atomic E-state index is 11.4. The maximum Gasteiger partial charge on any atom is 0.223 e. The molecule has 0 aliphatic carbocycles. The van der Waals surface area contributed by atoms with E-state index in [1.54, 1.807) is 12.1 Å². The van der Waals surface area contributed by atoms with Crippen LogP contribution < -0.4 is 10.1 Å². The zero-order chi connectivity index (χ0) is 18.8. The van der Waals surface area contributed by atoms with E-state index in [0.29, 0.717) is 5.75 Å². The first kappa shape index (κ1) is 19.7. The Balaban J connectivity index is 2.19. The number of aliphatic hydroxyl groups excluding tert-OH is 3. The second-order valence-electron chi connectivity index (χ2n) is 7.33. The van der Waals surface area contributed by atoms with E-state index in [1.165, 1.54) is 6.92 Å². The molecular formula is C18H27NO6. The third-order valence-corrected chi connectivity index (χ3v) is 4.22. The van der Waals surface area contributed by atoms with Crippen LogP contribution in [0, 0.1) is 0 Å². The highest BCUT2D eigenvalue weighted by Gasteiger charge is 2.46. The molecule has 0 bridgehead atoms. The van der Waals surface area contributed by atoms with Gasteiger partial charge in [0.05, 0.1) is 6.61 Å². The van der Waals surface area contributed by atoms with Crippen molar-refractivity contribution in [1.82, 2.24) is 5.32 Å². The maximum atomic E-state index is 11.4. The van der Waals surface area contributed by atoms with Crippen molar-refractivity contribution in [1.29, 1.82) is 0 Å². The lowest BCUT2D eigenvalue weighted by atomic mass is 9.87. The van der Waals surface area contributed by atoms with Crippen molar-refractivity contribution >= 4 is 5.91 Å². The zero-order valence-corrected chi connectivity index (χ0v) is 15.0. The molecule has 0 unspecified atom stereocenters. The van der Waals surface area contributed by atoms with Gasteiger partial charge in [-0.15, -0.1) is 0 Å². The molecule has 0 aromatic heterocycles. The highest BCUT2D eigenvalue weighted by molar-refractivity contribution is 5.73. The molecule has 1 saturated heterocycles. The molecular weight excluding hydrogens is 326 g/mol. The molecule has 1 amide bonds. The van der Waals surface area contributed by atoms with Gasteiger partial charge in [0, 0.05) is 6.92 Å². The Morgan fingerprint density at radius 1 is 1.20 bits per heavy atom. The third kappa shape index (κ3) is 4.70. The molecule has 0 saturated carbocycles. The minimum atomic E-state index is -1.33. The summed E-state index contributed by atoms with van der Waals surface area (Å²) in [6.07, 6.45) is -4.70. The molecule has 2 rings (SSSR count). The smallest absolute Gasteiger partial charge is 0.223 e. The fraction of sp³-hybridized carbons (Fsp3) is 0.611. The van der Waals surface area contributed by atoms with Crippen LogP contribution in [0.1, 0.15) is 33.3 Å². The molecule has 5 atom stereocenters. The summed E-state index contributed by atoms with van der Waals surface area (Å²) >= 11 is 0. The Labute approximate surface area is 147 Å². The average molecular weight is 353 g/mol. The SMILES string of the molecule is CC(=O)N[C@@H]1[C@H](Oc2ccc(C(C)(C)C)cc2)O[C@H](CO)[C@@H](O)[C@@H]1O. The zero-order valence-electron chi connectivity index (χ0n) is 15.0. The van der Waals surface area contributed by atoms with Gasteiger partial charge in [0.25, 0.3) is 0 Å². The van der Waals surface area contributed by atoms with Crippen LogP contribution in [0.5, 0.6) is 5.75 Å². The molecule has 0 spiro atoms. The summed E-state index contributed by atoms with van der Waals surface area (Å²) in [6.45, 7) is 7.12. The number of aliphatic hydroxyl groups is 3. The van der Waals surface area contributed by atoms with Crippen LogP contribution >= 0.6 is 0 Å². The largest absolute Gasteiger partial charge is 0.463 e. The molecule has 0 radical (unpaired) electrons. The Bertz CT molecular complexity index is 582. The van der Waals surface area contributed by atoms with Crippen LogP contribution in [0.2, 0.25) is 0 Å². The molecule has 7 heteroatoms. The first-order valence-electron chi connectivity index (χ1n) is 8.30. The summed E-state index contributed by atoms with van der Waals surface area (Å²) in [4.78, 5) is 11.4. The Morgan fingerprint density at radius 3 is 2.28 bits per heavy atom. The van der Waals surface area contributed by atoms with Crippen molar-refractivity contribution in [2.24, 2.45) is 0 Å². The van der Waals surface area contributed by atoms with Gasteiger partial charge >= 0.3 is 0 Å². The molecule has 1 heterocycles. The fourth-order valence-corrected chi connectivity index (χ4v) is 2.74. The predicted molar refractivity (Wildman–Crippen MR) is 91.1 cm³/mol. The number of benzene rings is 1. The Hall–Kier alpha value is -1.67. The monoisotopic (exact) mass is 353 g/mol. The van der Waals surface area contributed by atoms with Gasteiger partial charge in [-0.05, 0) is 23.1 Å². The van der Waals surface area contributed by atoms with Gasteiger partial charge in [0.2, 0.25) is 12.2 Å². The van der Waals surface area contributed by atoms with Gasteiger partial charge in [-0.25, -0.2) is 0 Å². The van der Waals surface area contributed by atoms with Crippen LogP contribution in [0.4, 0.5) is 0 Å². The van der Waals surface area contributed by atoms with Crippen molar-refractivity contribution in [3.63, 3.8) is 0 Å². The van der Waals surface area contributed by atoms with Crippen molar-refractivity contribution in [3.05, 3.63) is 29.8 Å². The van der Waals surface area contributed by atoms with Gasteiger partial charge in [-0.2, -0.15) is 0 Å². The number of hydrogen-bond acceptors (Lipinski definition) is 6. The number of rotatable bonds is 4. The van der Waals surface area contributed by atoms with Gasteiger partial charge in [-0.1, -0.05) is 32.9 Å². The lowest BCUT2D eigenvalue weighted by molar-refractivity contribution is -0.244. The van der Waals surface area contributed by atoms with Gasteiger partial charge < -0.3 is 30.1 Å². The summed E-state index contributed by atoms with van der Waals surface area (Å²) < 4.78 is 11.3. The standard InChI is InChI=1S/C18H27NO6/c1-10(21)19-14-16(23)15(22)13(9-20)25-17(14)24-12-7-5-11(6-8-12)18(2,3)4/h5-8,13-17,20,22-23H,9H2,1-4H3,(H,19,21)/t13-,14+,15-,16-,17-/m1/s1. The van der Waals surface area contributed by atoms with Crippen LogP contribution in [0.3, 0.4) is 0 Å². The molecule has 1 aromatic carbocycles. The summed E-state index contributed by atoms with van der Waals surface area (Å²) in [7, 11) is 0. The molecule has 1 aromatic rings. The Morgan fingerprint density at radius 2 is 1.80 bits per heavy atom. The average Bonchev–Trinajstić information content (AvgIpc) is 2.53. The molecule has 4 N–H and O–H groups in total. The summed E-state index contributed by atoms with van der Waals surface area (Å²) in [5, 5.41) is 32.1.